The van der Waals surface area contributed by atoms with Crippen LogP contribution in [0.5, 0.6) is 0 Å². The molecule has 2 aliphatic rings. The number of nitrogens with one attached hydrogen (secondary N) is 1. The summed E-state index contributed by atoms with van der Waals surface area (Å²) in [4.78, 5) is 35.4. The zero-order valence-corrected chi connectivity index (χ0v) is 14.9. The lowest BCUT2D eigenvalue weighted by Gasteiger charge is -2.37. The maximum atomic E-state index is 12.4. The first kappa shape index (κ1) is 17.4. The molecular weight excluding hydrogens is 324 g/mol. The molecule has 1 saturated carbocycles. The molecule has 1 aromatic rings. The average molecular weight is 348 g/mol. The van der Waals surface area contributed by atoms with Crippen molar-refractivity contribution in [3.8, 4) is 0 Å². The summed E-state index contributed by atoms with van der Waals surface area (Å²) in [5, 5.41) is 14.3. The van der Waals surface area contributed by atoms with E-state index in [1.54, 1.807) is 0 Å². The topological polar surface area (TPSA) is 104 Å². The molecule has 1 aliphatic heterocycles. The van der Waals surface area contributed by atoms with Crippen LogP contribution in [0.3, 0.4) is 0 Å². The zero-order chi connectivity index (χ0) is 18.2. The van der Waals surface area contributed by atoms with Gasteiger partial charge in [0, 0.05) is 37.6 Å². The number of hydrogen-bond acceptors (Lipinski definition) is 7. The van der Waals surface area contributed by atoms with Gasteiger partial charge in [-0.3, -0.25) is 14.9 Å². The van der Waals surface area contributed by atoms with Crippen LogP contribution in [0, 0.1) is 15.5 Å². The van der Waals surface area contributed by atoms with Gasteiger partial charge in [-0.25, -0.2) is 4.98 Å². The second kappa shape index (κ2) is 6.45. The second-order valence-electron chi connectivity index (χ2n) is 7.61. The van der Waals surface area contributed by atoms with Gasteiger partial charge in [-0.2, -0.15) is 4.98 Å². The summed E-state index contributed by atoms with van der Waals surface area (Å²) >= 11 is 0. The fraction of sp³-hybridized carbons (Fsp3) is 0.688. The normalized spacial score (nSPS) is 18.2. The van der Waals surface area contributed by atoms with Gasteiger partial charge in [0.25, 0.3) is 0 Å². The van der Waals surface area contributed by atoms with Crippen LogP contribution in [-0.4, -0.2) is 57.9 Å². The van der Waals surface area contributed by atoms with E-state index in [4.69, 9.17) is 0 Å². The average Bonchev–Trinajstić information content (AvgIpc) is 3.37. The van der Waals surface area contributed by atoms with Gasteiger partial charge in [-0.1, -0.05) is 20.8 Å². The Bertz CT molecular complexity index is 675. The number of carbonyl (C=O) groups is 1. The highest BCUT2D eigenvalue weighted by atomic mass is 16.6. The molecule has 1 saturated heterocycles. The molecule has 0 spiro atoms. The van der Waals surface area contributed by atoms with Crippen LogP contribution < -0.4 is 10.2 Å². The maximum Gasteiger partial charge on any atom is 0.329 e. The quantitative estimate of drug-likeness (QED) is 0.651. The van der Waals surface area contributed by atoms with Crippen molar-refractivity contribution in [1.29, 1.82) is 0 Å². The molecule has 3 rings (SSSR count). The van der Waals surface area contributed by atoms with Crippen molar-refractivity contribution in [1.82, 2.24) is 14.9 Å². The van der Waals surface area contributed by atoms with Crippen molar-refractivity contribution in [2.24, 2.45) is 5.41 Å². The van der Waals surface area contributed by atoms with E-state index in [0.717, 1.165) is 12.8 Å². The van der Waals surface area contributed by atoms with Gasteiger partial charge < -0.3 is 15.1 Å². The van der Waals surface area contributed by atoms with Crippen LogP contribution in [-0.2, 0) is 4.79 Å². The van der Waals surface area contributed by atoms with Crippen molar-refractivity contribution < 1.29 is 9.72 Å². The molecule has 136 valence electrons. The summed E-state index contributed by atoms with van der Waals surface area (Å²) in [5.74, 6) is 0.884. The van der Waals surface area contributed by atoms with Gasteiger partial charge in [-0.15, -0.1) is 0 Å². The number of aromatic nitrogens is 2. The number of anilines is 2. The zero-order valence-electron chi connectivity index (χ0n) is 14.9. The van der Waals surface area contributed by atoms with Gasteiger partial charge in [0.2, 0.25) is 17.7 Å². The number of nitrogens with zero attached hydrogens (tertiary/aromatic N) is 5. The monoisotopic (exact) mass is 348 g/mol. The Morgan fingerprint density at radius 3 is 2.44 bits per heavy atom. The number of hydrogen-bond donors (Lipinski definition) is 1. The van der Waals surface area contributed by atoms with Gasteiger partial charge in [0.05, 0.1) is 4.92 Å². The summed E-state index contributed by atoms with van der Waals surface area (Å²) in [6.07, 6.45) is 3.27. The third-order valence-electron chi connectivity index (χ3n) is 4.36. The first-order valence-corrected chi connectivity index (χ1v) is 8.58. The molecule has 0 bridgehead atoms. The Hall–Kier alpha value is -2.45. The first-order valence-electron chi connectivity index (χ1n) is 8.58. The molecule has 0 radical (unpaired) electrons. The van der Waals surface area contributed by atoms with Crippen LogP contribution in [0.25, 0.3) is 0 Å². The molecule has 1 aliphatic carbocycles. The first-order chi connectivity index (χ1) is 11.8. The molecular formula is C16H24N6O3. The molecule has 9 heteroatoms. The Labute approximate surface area is 146 Å². The summed E-state index contributed by atoms with van der Waals surface area (Å²) in [6.45, 7) is 8.17. The molecule has 1 aromatic heterocycles. The fourth-order valence-electron chi connectivity index (χ4n) is 2.76. The molecule has 9 nitrogen and oxygen atoms in total. The highest BCUT2D eigenvalue weighted by Crippen LogP contribution is 2.30. The van der Waals surface area contributed by atoms with Gasteiger partial charge in [0.1, 0.15) is 6.20 Å². The second-order valence-corrected chi connectivity index (χ2v) is 7.61. The summed E-state index contributed by atoms with van der Waals surface area (Å²) in [7, 11) is 0. The SMILES string of the molecule is CC(C)(C)C(=O)N1CCN(c2ncc([N+](=O)[O-])c(NC3CC3)n2)CC1. The van der Waals surface area contributed by atoms with E-state index in [1.165, 1.54) is 6.20 Å². The molecule has 0 atom stereocenters. The fourth-order valence-corrected chi connectivity index (χ4v) is 2.76. The largest absolute Gasteiger partial charge is 0.361 e. The molecule has 1 N–H and O–H groups in total. The standard InChI is InChI=1S/C16H24N6O3/c1-16(2,3)14(23)20-6-8-21(9-7-20)15-17-10-12(22(24)25)13(19-15)18-11-4-5-11/h10-11H,4-9H2,1-3H3,(H,17,18,19). The Kier molecular flexibility index (Phi) is 4.49. The number of piperazine rings is 1. The lowest BCUT2D eigenvalue weighted by atomic mass is 9.94. The minimum absolute atomic E-state index is 0.0998. The predicted molar refractivity (Wildman–Crippen MR) is 93.6 cm³/mol. The highest BCUT2D eigenvalue weighted by molar-refractivity contribution is 5.81. The number of amides is 1. The molecule has 1 amide bonds. The Morgan fingerprint density at radius 2 is 1.92 bits per heavy atom. The van der Waals surface area contributed by atoms with E-state index in [-0.39, 0.29) is 23.5 Å². The third kappa shape index (κ3) is 3.97. The van der Waals surface area contributed by atoms with Crippen molar-refractivity contribution in [2.45, 2.75) is 39.7 Å². The van der Waals surface area contributed by atoms with Crippen molar-refractivity contribution in [2.75, 3.05) is 36.4 Å². The van der Waals surface area contributed by atoms with Gasteiger partial charge in [0.15, 0.2) is 0 Å². The lowest BCUT2D eigenvalue weighted by Crippen LogP contribution is -2.52. The van der Waals surface area contributed by atoms with Crippen LogP contribution in [0.4, 0.5) is 17.5 Å². The number of rotatable bonds is 4. The minimum atomic E-state index is -0.464. The van der Waals surface area contributed by atoms with E-state index in [1.807, 2.05) is 30.6 Å². The summed E-state index contributed by atoms with van der Waals surface area (Å²) in [5.41, 5.74) is -0.495. The van der Waals surface area contributed by atoms with Crippen LogP contribution >= 0.6 is 0 Å². The van der Waals surface area contributed by atoms with Crippen LogP contribution in [0.2, 0.25) is 0 Å². The van der Waals surface area contributed by atoms with Crippen LogP contribution in [0.1, 0.15) is 33.6 Å². The van der Waals surface area contributed by atoms with Gasteiger partial charge in [-0.05, 0) is 12.8 Å². The number of nitro groups is 1. The lowest BCUT2D eigenvalue weighted by molar-refractivity contribution is -0.384. The molecule has 2 fully saturated rings. The van der Waals surface area contributed by atoms with E-state index in [2.05, 4.69) is 15.3 Å². The van der Waals surface area contributed by atoms with E-state index in [9.17, 15) is 14.9 Å². The third-order valence-corrected chi connectivity index (χ3v) is 4.36. The van der Waals surface area contributed by atoms with E-state index >= 15 is 0 Å². The molecule has 0 aromatic carbocycles. The van der Waals surface area contributed by atoms with Crippen molar-refractivity contribution >= 4 is 23.4 Å². The molecule has 25 heavy (non-hydrogen) atoms. The number of carbonyl (C=O) groups excluding carboxylic acids is 1. The maximum absolute atomic E-state index is 12.4. The van der Waals surface area contributed by atoms with E-state index < -0.39 is 10.3 Å². The van der Waals surface area contributed by atoms with Crippen LogP contribution in [0.15, 0.2) is 6.20 Å². The van der Waals surface area contributed by atoms with Gasteiger partial charge >= 0.3 is 5.69 Å². The van der Waals surface area contributed by atoms with E-state index in [0.29, 0.717) is 32.1 Å². The summed E-state index contributed by atoms with van der Waals surface area (Å²) in [6, 6.07) is 0.266. The molecule has 2 heterocycles. The Balaban J connectivity index is 1.70. The molecule has 0 unspecified atom stereocenters. The highest BCUT2D eigenvalue weighted by Gasteiger charge is 2.31. The smallest absolute Gasteiger partial charge is 0.329 e. The van der Waals surface area contributed by atoms with Crippen molar-refractivity contribution in [3.05, 3.63) is 16.3 Å². The predicted octanol–water partition coefficient (Wildman–Crippen LogP) is 1.65. The minimum Gasteiger partial charge on any atom is -0.361 e. The van der Waals surface area contributed by atoms with Crippen molar-refractivity contribution in [3.63, 3.8) is 0 Å². The summed E-state index contributed by atoms with van der Waals surface area (Å²) < 4.78 is 0. The Morgan fingerprint density at radius 1 is 1.28 bits per heavy atom.